The minimum Gasteiger partial charge on any atom is -0.393 e. The van der Waals surface area contributed by atoms with Gasteiger partial charge in [-0.25, -0.2) is 0 Å². The van der Waals surface area contributed by atoms with Gasteiger partial charge in [-0.3, -0.25) is 0 Å². The maximum absolute atomic E-state index is 9.67. The highest BCUT2D eigenvalue weighted by atomic mass is 16.5. The molecule has 0 saturated heterocycles. The number of aliphatic hydroxyl groups is 1. The first kappa shape index (κ1) is 14.2. The van der Waals surface area contributed by atoms with Crippen LogP contribution in [0.1, 0.15) is 45.1 Å². The largest absolute Gasteiger partial charge is 0.393 e. The van der Waals surface area contributed by atoms with E-state index in [9.17, 15) is 5.11 Å². The average Bonchev–Trinajstić information content (AvgIpc) is 2.37. The minimum absolute atomic E-state index is 0.176. The first-order valence-corrected chi connectivity index (χ1v) is 6.59. The molecule has 1 aromatic rings. The summed E-state index contributed by atoms with van der Waals surface area (Å²) in [5.41, 5.74) is 1.19. The summed E-state index contributed by atoms with van der Waals surface area (Å²) in [4.78, 5) is 0. The SMILES string of the molecule is CCC[C@@H](C[C@H](O)CC)OCc1ccccc1. The average molecular weight is 236 g/mol. The van der Waals surface area contributed by atoms with Crippen molar-refractivity contribution < 1.29 is 9.84 Å². The molecule has 0 amide bonds. The second-order valence-corrected chi connectivity index (χ2v) is 4.51. The van der Waals surface area contributed by atoms with Gasteiger partial charge in [0.15, 0.2) is 0 Å². The molecule has 1 rings (SSSR count). The van der Waals surface area contributed by atoms with Crippen molar-refractivity contribution in [1.29, 1.82) is 0 Å². The highest BCUT2D eigenvalue weighted by Gasteiger charge is 2.13. The number of benzene rings is 1. The first-order valence-electron chi connectivity index (χ1n) is 6.59. The fourth-order valence-corrected chi connectivity index (χ4v) is 1.85. The molecule has 0 spiro atoms. The van der Waals surface area contributed by atoms with E-state index in [1.54, 1.807) is 0 Å². The topological polar surface area (TPSA) is 29.5 Å². The highest BCUT2D eigenvalue weighted by molar-refractivity contribution is 5.13. The lowest BCUT2D eigenvalue weighted by Gasteiger charge is -2.20. The van der Waals surface area contributed by atoms with Crippen LogP contribution in [0.3, 0.4) is 0 Å². The Kier molecular flexibility index (Phi) is 6.90. The zero-order valence-electron chi connectivity index (χ0n) is 10.9. The quantitative estimate of drug-likeness (QED) is 0.748. The Morgan fingerprint density at radius 2 is 1.88 bits per heavy atom. The predicted molar refractivity (Wildman–Crippen MR) is 70.8 cm³/mol. The van der Waals surface area contributed by atoms with Crippen LogP contribution in [-0.4, -0.2) is 17.3 Å². The molecular formula is C15H24O2. The molecular weight excluding hydrogens is 212 g/mol. The van der Waals surface area contributed by atoms with Gasteiger partial charge in [0.05, 0.1) is 18.8 Å². The standard InChI is InChI=1S/C15H24O2/c1-3-8-15(11-14(16)4-2)17-12-13-9-6-5-7-10-13/h5-7,9-10,14-16H,3-4,8,11-12H2,1-2H3/t14-,15+/m1/s1. The summed E-state index contributed by atoms with van der Waals surface area (Å²) in [7, 11) is 0. The third kappa shape index (κ3) is 5.85. The summed E-state index contributed by atoms with van der Waals surface area (Å²) >= 11 is 0. The Bertz CT molecular complexity index is 284. The van der Waals surface area contributed by atoms with Gasteiger partial charge >= 0.3 is 0 Å². The van der Waals surface area contributed by atoms with Crippen LogP contribution in [-0.2, 0) is 11.3 Å². The number of hydrogen-bond acceptors (Lipinski definition) is 2. The first-order chi connectivity index (χ1) is 8.26. The van der Waals surface area contributed by atoms with Crippen molar-refractivity contribution >= 4 is 0 Å². The molecule has 1 N–H and O–H groups in total. The summed E-state index contributed by atoms with van der Waals surface area (Å²) in [6.45, 7) is 4.80. The van der Waals surface area contributed by atoms with E-state index in [-0.39, 0.29) is 12.2 Å². The van der Waals surface area contributed by atoms with Gasteiger partial charge in [0.1, 0.15) is 0 Å². The Labute approximate surface area is 105 Å². The minimum atomic E-state index is -0.234. The van der Waals surface area contributed by atoms with Crippen molar-refractivity contribution in [3.8, 4) is 0 Å². The van der Waals surface area contributed by atoms with Gasteiger partial charge in [0.25, 0.3) is 0 Å². The molecule has 17 heavy (non-hydrogen) atoms. The summed E-state index contributed by atoms with van der Waals surface area (Å²) in [6.07, 6.45) is 3.60. The molecule has 0 aromatic heterocycles. The van der Waals surface area contributed by atoms with E-state index in [1.807, 2.05) is 25.1 Å². The summed E-state index contributed by atoms with van der Waals surface area (Å²) < 4.78 is 5.88. The third-order valence-electron chi connectivity index (χ3n) is 2.95. The molecule has 0 radical (unpaired) electrons. The van der Waals surface area contributed by atoms with Crippen LogP contribution in [0.25, 0.3) is 0 Å². The lowest BCUT2D eigenvalue weighted by atomic mass is 10.1. The van der Waals surface area contributed by atoms with Gasteiger partial charge in [-0.05, 0) is 24.8 Å². The summed E-state index contributed by atoms with van der Waals surface area (Å²) in [5.74, 6) is 0. The van der Waals surface area contributed by atoms with Crippen LogP contribution < -0.4 is 0 Å². The molecule has 96 valence electrons. The Morgan fingerprint density at radius 1 is 1.18 bits per heavy atom. The van der Waals surface area contributed by atoms with Crippen molar-refractivity contribution in [3.05, 3.63) is 35.9 Å². The van der Waals surface area contributed by atoms with Gasteiger partial charge in [0, 0.05) is 0 Å². The van der Waals surface area contributed by atoms with E-state index in [2.05, 4.69) is 19.1 Å². The maximum Gasteiger partial charge on any atom is 0.0720 e. The number of rotatable bonds is 8. The van der Waals surface area contributed by atoms with Crippen molar-refractivity contribution in [1.82, 2.24) is 0 Å². The van der Waals surface area contributed by atoms with Gasteiger partial charge in [0.2, 0.25) is 0 Å². The molecule has 2 atom stereocenters. The van der Waals surface area contributed by atoms with E-state index < -0.39 is 0 Å². The highest BCUT2D eigenvalue weighted by Crippen LogP contribution is 2.14. The molecule has 0 saturated carbocycles. The number of hydrogen-bond donors (Lipinski definition) is 1. The molecule has 0 fully saturated rings. The molecule has 0 aliphatic heterocycles. The molecule has 0 aliphatic rings. The zero-order valence-corrected chi connectivity index (χ0v) is 10.9. The van der Waals surface area contributed by atoms with E-state index in [0.717, 1.165) is 25.7 Å². The molecule has 2 nitrogen and oxygen atoms in total. The van der Waals surface area contributed by atoms with Crippen LogP contribution in [0.15, 0.2) is 30.3 Å². The molecule has 0 heterocycles. The lowest BCUT2D eigenvalue weighted by molar-refractivity contribution is -0.00159. The van der Waals surface area contributed by atoms with Crippen molar-refractivity contribution in [3.63, 3.8) is 0 Å². The Balaban J connectivity index is 2.38. The normalized spacial score (nSPS) is 14.5. The van der Waals surface area contributed by atoms with Gasteiger partial charge in [-0.1, -0.05) is 50.6 Å². The zero-order chi connectivity index (χ0) is 12.5. The van der Waals surface area contributed by atoms with Crippen LogP contribution in [0.4, 0.5) is 0 Å². The molecule has 2 heteroatoms. The Morgan fingerprint density at radius 3 is 2.47 bits per heavy atom. The van der Waals surface area contributed by atoms with E-state index in [0.29, 0.717) is 6.61 Å². The van der Waals surface area contributed by atoms with Crippen molar-refractivity contribution in [2.24, 2.45) is 0 Å². The van der Waals surface area contributed by atoms with Gasteiger partial charge in [-0.2, -0.15) is 0 Å². The maximum atomic E-state index is 9.67. The second-order valence-electron chi connectivity index (χ2n) is 4.51. The smallest absolute Gasteiger partial charge is 0.0720 e. The van der Waals surface area contributed by atoms with Crippen molar-refractivity contribution in [2.75, 3.05) is 0 Å². The van der Waals surface area contributed by atoms with Crippen LogP contribution in [0.2, 0.25) is 0 Å². The Hall–Kier alpha value is -0.860. The number of aliphatic hydroxyl groups excluding tert-OH is 1. The molecule has 1 aromatic carbocycles. The summed E-state index contributed by atoms with van der Waals surface area (Å²) in [6, 6.07) is 10.2. The van der Waals surface area contributed by atoms with Crippen LogP contribution in [0, 0.1) is 0 Å². The fraction of sp³-hybridized carbons (Fsp3) is 0.600. The number of ether oxygens (including phenoxy) is 1. The second kappa shape index (κ2) is 8.26. The lowest BCUT2D eigenvalue weighted by Crippen LogP contribution is -2.20. The molecule has 0 aliphatic carbocycles. The van der Waals surface area contributed by atoms with E-state index >= 15 is 0 Å². The van der Waals surface area contributed by atoms with Crippen molar-refractivity contribution in [2.45, 2.75) is 58.3 Å². The van der Waals surface area contributed by atoms with Crippen LogP contribution >= 0.6 is 0 Å². The van der Waals surface area contributed by atoms with E-state index in [1.165, 1.54) is 5.56 Å². The van der Waals surface area contributed by atoms with E-state index in [4.69, 9.17) is 4.74 Å². The molecule has 0 unspecified atom stereocenters. The predicted octanol–water partition coefficient (Wildman–Crippen LogP) is 3.53. The van der Waals surface area contributed by atoms with Gasteiger partial charge in [-0.15, -0.1) is 0 Å². The summed E-state index contributed by atoms with van der Waals surface area (Å²) in [5, 5.41) is 9.67. The van der Waals surface area contributed by atoms with Gasteiger partial charge < -0.3 is 9.84 Å². The fourth-order valence-electron chi connectivity index (χ4n) is 1.85. The molecule has 0 bridgehead atoms. The monoisotopic (exact) mass is 236 g/mol. The van der Waals surface area contributed by atoms with Crippen LogP contribution in [0.5, 0.6) is 0 Å². The third-order valence-corrected chi connectivity index (χ3v) is 2.95.